The van der Waals surface area contributed by atoms with Gasteiger partial charge in [0.1, 0.15) is 20.2 Å². The number of hydrogen-bond donors (Lipinski definition) is 0. The zero-order valence-corrected chi connectivity index (χ0v) is 30.8. The van der Waals surface area contributed by atoms with Gasteiger partial charge in [-0.05, 0) is 83.9 Å². The molecule has 0 aliphatic rings. The summed E-state index contributed by atoms with van der Waals surface area (Å²) >= 11 is 0. The van der Waals surface area contributed by atoms with Gasteiger partial charge < -0.3 is 39.9 Å². The molecule has 0 atom stereocenters. The summed E-state index contributed by atoms with van der Waals surface area (Å²) in [6, 6.07) is 30.9. The van der Waals surface area contributed by atoms with Crippen LogP contribution in [0.5, 0.6) is 0 Å². The Morgan fingerprint density at radius 1 is 0.407 bits per heavy atom. The van der Waals surface area contributed by atoms with Crippen LogP contribution in [-0.2, 0) is 65.3 Å². The molecule has 4 heterocycles. The van der Waals surface area contributed by atoms with Gasteiger partial charge in [0.15, 0.2) is 0 Å². The molecule has 6 aromatic rings. The molecule has 0 saturated carbocycles. The minimum absolute atomic E-state index is 0. The fourth-order valence-electron chi connectivity index (χ4n) is 3.57. The SMILES string of the molecule is O=C([O-])c1ccc(S(=O)(=O)[O-])cc1.O=C([O-])c1ccc(S(=O)(=O)[O-])cc1.[Cu+2].[Cu+2].[OH3+].[OH3+].c1ccc(-c2ccccn2)nc1.c1ccc(-c2ccccn2)nc1. The summed E-state index contributed by atoms with van der Waals surface area (Å²) in [6.07, 6.45) is 7.07. The Labute approximate surface area is 331 Å². The van der Waals surface area contributed by atoms with Gasteiger partial charge in [0, 0.05) is 24.8 Å². The summed E-state index contributed by atoms with van der Waals surface area (Å²) in [5.74, 6) is -2.84. The standard InChI is InChI=1S/2C10H8N2.2C7H6O5S.2Cu.2H2O/c2*1-3-7-11-9(5-1)10-6-2-4-8-12-10;2*8-7(9)5-1-3-6(4-2-5)13(10,11)12;;;;/h2*1-8H;2*1-4H,(H,8,9)(H,10,11,12);;;2*1H2/q;;;;2*+2;;/p-2. The van der Waals surface area contributed by atoms with Crippen molar-refractivity contribution in [3.05, 3.63) is 157 Å². The van der Waals surface area contributed by atoms with Crippen molar-refractivity contribution in [3.63, 3.8) is 0 Å². The molecule has 0 spiro atoms. The average Bonchev–Trinajstić information content (AvgIpc) is 3.13. The normalized spacial score (nSPS) is 9.67. The Kier molecular flexibility index (Phi) is 23.5. The van der Waals surface area contributed by atoms with E-state index >= 15 is 0 Å². The molecule has 0 amide bonds. The van der Waals surface area contributed by atoms with Gasteiger partial charge in [-0.1, -0.05) is 48.5 Å². The molecule has 2 radical (unpaired) electrons. The predicted octanol–water partition coefficient (Wildman–Crippen LogP) is 0.347. The number of carboxylic acid groups (broad SMARTS) is 2. The van der Waals surface area contributed by atoms with Crippen LogP contribution < -0.4 is 10.2 Å². The van der Waals surface area contributed by atoms with E-state index in [0.29, 0.717) is 0 Å². The number of benzene rings is 2. The molecule has 20 heteroatoms. The molecule has 2 aromatic carbocycles. The summed E-state index contributed by atoms with van der Waals surface area (Å²) in [5, 5.41) is 20.4. The minimum Gasteiger partial charge on any atom is -0.744 e. The van der Waals surface area contributed by atoms with E-state index in [9.17, 15) is 45.7 Å². The van der Waals surface area contributed by atoms with Crippen molar-refractivity contribution in [1.82, 2.24) is 19.9 Å². The van der Waals surface area contributed by atoms with E-state index in [2.05, 4.69) is 19.9 Å². The summed E-state index contributed by atoms with van der Waals surface area (Å²) in [6.45, 7) is 0. The first-order valence-corrected chi connectivity index (χ1v) is 16.8. The van der Waals surface area contributed by atoms with E-state index in [1.807, 2.05) is 72.8 Å². The smallest absolute Gasteiger partial charge is 0.744 e. The average molecular weight is 878 g/mol. The molecule has 6 rings (SSSR count). The predicted molar refractivity (Wildman–Crippen MR) is 182 cm³/mol. The van der Waals surface area contributed by atoms with Crippen molar-refractivity contribution >= 4 is 32.2 Å². The summed E-state index contributed by atoms with van der Waals surface area (Å²) in [4.78, 5) is 36.3. The van der Waals surface area contributed by atoms with E-state index in [4.69, 9.17) is 0 Å². The molecule has 54 heavy (non-hydrogen) atoms. The third-order valence-corrected chi connectivity index (χ3v) is 7.64. The molecule has 0 unspecified atom stereocenters. The quantitative estimate of drug-likeness (QED) is 0.124. The van der Waals surface area contributed by atoms with Gasteiger partial charge in [0.25, 0.3) is 0 Å². The van der Waals surface area contributed by atoms with Gasteiger partial charge in [-0.25, -0.2) is 16.8 Å². The van der Waals surface area contributed by atoms with Crippen molar-refractivity contribution in [2.75, 3.05) is 0 Å². The Balaban J connectivity index is 0. The van der Waals surface area contributed by atoms with Gasteiger partial charge >= 0.3 is 34.1 Å². The summed E-state index contributed by atoms with van der Waals surface area (Å²) < 4.78 is 62.4. The number of rotatable bonds is 6. The molecule has 0 aliphatic carbocycles. The minimum atomic E-state index is -4.51. The van der Waals surface area contributed by atoms with E-state index in [0.717, 1.165) is 71.3 Å². The van der Waals surface area contributed by atoms with Gasteiger partial charge in [-0.3, -0.25) is 19.9 Å². The van der Waals surface area contributed by atoms with Gasteiger partial charge in [-0.2, -0.15) is 0 Å². The van der Waals surface area contributed by atoms with Gasteiger partial charge in [-0.15, -0.1) is 0 Å². The largest absolute Gasteiger partial charge is 2.00 e. The van der Waals surface area contributed by atoms with Crippen LogP contribution in [0.3, 0.4) is 0 Å². The third kappa shape index (κ3) is 17.5. The molecule has 0 bridgehead atoms. The second-order valence-corrected chi connectivity index (χ2v) is 12.2. The van der Waals surface area contributed by atoms with Crippen LogP contribution in [0.2, 0.25) is 0 Å². The Morgan fingerprint density at radius 3 is 0.778 bits per heavy atom. The number of carbonyl (C=O) groups excluding carboxylic acids is 2. The van der Waals surface area contributed by atoms with Gasteiger partial charge in [0.2, 0.25) is 0 Å². The molecule has 6 N–H and O–H groups in total. The first kappa shape index (κ1) is 50.9. The second kappa shape index (κ2) is 24.9. The molecule has 4 aromatic heterocycles. The monoisotopic (exact) mass is 876 g/mol. The fraction of sp³-hybridized carbons (Fsp3) is 0. The van der Waals surface area contributed by atoms with Crippen molar-refractivity contribution in [2.24, 2.45) is 0 Å². The third-order valence-electron chi connectivity index (χ3n) is 5.94. The number of carbonyl (C=O) groups is 2. The first-order chi connectivity index (χ1) is 23.8. The zero-order chi connectivity index (χ0) is 36.6. The van der Waals surface area contributed by atoms with Crippen molar-refractivity contribution in [1.29, 1.82) is 0 Å². The topological polar surface area (TPSA) is 312 Å². The summed E-state index contributed by atoms with van der Waals surface area (Å²) in [7, 11) is -9.02. The maximum Gasteiger partial charge on any atom is 2.00 e. The number of nitrogens with zero attached hydrogens (tertiary/aromatic N) is 4. The Hall–Kier alpha value is -5.24. The van der Waals surface area contributed by atoms with Crippen molar-refractivity contribution in [2.45, 2.75) is 9.79 Å². The van der Waals surface area contributed by atoms with Crippen LogP contribution >= 0.6 is 0 Å². The maximum absolute atomic E-state index is 10.4. The Morgan fingerprint density at radius 2 is 0.630 bits per heavy atom. The van der Waals surface area contributed by atoms with Crippen molar-refractivity contribution < 1.29 is 90.8 Å². The van der Waals surface area contributed by atoms with Gasteiger partial charge in [0.05, 0.1) is 44.5 Å². The van der Waals surface area contributed by atoms with Crippen LogP contribution in [0.25, 0.3) is 22.8 Å². The van der Waals surface area contributed by atoms with E-state index in [1.54, 1.807) is 24.8 Å². The number of pyridine rings is 4. The van der Waals surface area contributed by atoms with Crippen LogP contribution in [0.15, 0.2) is 156 Å². The molecule has 16 nitrogen and oxygen atoms in total. The number of aromatic nitrogens is 4. The van der Waals surface area contributed by atoms with Crippen LogP contribution in [0.1, 0.15) is 20.7 Å². The number of hydrogen-bond acceptors (Lipinski definition) is 14. The van der Waals surface area contributed by atoms with Crippen LogP contribution in [0, 0.1) is 0 Å². The molecule has 290 valence electrons. The Bertz CT molecular complexity index is 1960. The van der Waals surface area contributed by atoms with Crippen molar-refractivity contribution in [3.8, 4) is 22.8 Å². The number of carboxylic acids is 2. The molecular formula is C34H30Cu2N4O12S2+2. The molecule has 0 saturated heterocycles. The first-order valence-electron chi connectivity index (χ1n) is 13.9. The van der Waals surface area contributed by atoms with Crippen LogP contribution in [0.4, 0.5) is 0 Å². The number of aromatic carboxylic acids is 2. The van der Waals surface area contributed by atoms with Crippen LogP contribution in [-0.4, -0.2) is 57.8 Å². The van der Waals surface area contributed by atoms with E-state index in [1.165, 1.54) is 0 Å². The fourth-order valence-corrected chi connectivity index (χ4v) is 4.51. The molecular weight excluding hydrogens is 848 g/mol. The van der Waals surface area contributed by atoms with E-state index in [-0.39, 0.29) is 56.2 Å². The molecule has 0 aliphatic heterocycles. The second-order valence-electron chi connectivity index (χ2n) is 9.39. The summed E-state index contributed by atoms with van der Waals surface area (Å²) in [5.41, 5.74) is 3.31. The zero-order valence-electron chi connectivity index (χ0n) is 27.3. The van der Waals surface area contributed by atoms with E-state index < -0.39 is 42.0 Å². The molecule has 0 fully saturated rings. The maximum atomic E-state index is 10.4.